The van der Waals surface area contributed by atoms with Crippen LogP contribution in [0, 0.1) is 0 Å². The minimum absolute atomic E-state index is 0.0280. The van der Waals surface area contributed by atoms with Gasteiger partial charge in [0.15, 0.2) is 9.84 Å². The second-order valence-corrected chi connectivity index (χ2v) is 6.93. The normalized spacial score (nSPS) is 20.9. The van der Waals surface area contributed by atoms with Crippen LogP contribution in [-0.4, -0.2) is 47.1 Å². The van der Waals surface area contributed by atoms with Gasteiger partial charge in [-0.2, -0.15) is 0 Å². The van der Waals surface area contributed by atoms with E-state index in [1.165, 1.54) is 0 Å². The molecule has 1 aromatic carbocycles. The van der Waals surface area contributed by atoms with E-state index in [1.807, 2.05) is 6.07 Å². The number of sulfone groups is 1. The molecule has 1 aliphatic heterocycles. The Morgan fingerprint density at radius 1 is 1.20 bits per heavy atom. The van der Waals surface area contributed by atoms with Crippen LogP contribution in [0.1, 0.15) is 17.0 Å². The van der Waals surface area contributed by atoms with Crippen LogP contribution in [0.15, 0.2) is 24.3 Å². The van der Waals surface area contributed by atoms with Gasteiger partial charge in [0.25, 0.3) is 5.91 Å². The second kappa shape index (κ2) is 4.78. The van der Waals surface area contributed by atoms with Crippen LogP contribution in [0.3, 0.4) is 0 Å². The van der Waals surface area contributed by atoms with Crippen molar-refractivity contribution in [2.24, 2.45) is 0 Å². The molecule has 8 heteroatoms. The Labute approximate surface area is 115 Å². The van der Waals surface area contributed by atoms with Crippen LogP contribution < -0.4 is 5.32 Å². The van der Waals surface area contributed by atoms with Crippen LogP contribution in [0.2, 0.25) is 0 Å². The average molecular weight is 292 g/mol. The molecule has 7 nitrogen and oxygen atoms in total. The standard InChI is InChI=1S/C12H12N4O3S/c17-12(13-8-5-6-20(18,19)7-8)11-14-9-3-1-2-4-10(9)15-16-11/h1-4,8H,5-7H2,(H,13,17)/t8-/m1/s1. The van der Waals surface area contributed by atoms with Gasteiger partial charge in [-0.25, -0.2) is 13.4 Å². The van der Waals surface area contributed by atoms with Crippen molar-refractivity contribution in [1.29, 1.82) is 0 Å². The molecule has 20 heavy (non-hydrogen) atoms. The second-order valence-electron chi connectivity index (χ2n) is 4.70. The van der Waals surface area contributed by atoms with Crippen LogP contribution in [0.25, 0.3) is 11.0 Å². The Bertz CT molecular complexity index is 775. The zero-order valence-electron chi connectivity index (χ0n) is 10.5. The maximum atomic E-state index is 12.0. The summed E-state index contributed by atoms with van der Waals surface area (Å²) in [6.45, 7) is 0. The number of benzene rings is 1. The zero-order chi connectivity index (χ0) is 14.2. The number of amides is 1. The van der Waals surface area contributed by atoms with Crippen molar-refractivity contribution >= 4 is 26.8 Å². The predicted octanol–water partition coefficient (Wildman–Crippen LogP) is -0.0583. The number of nitrogens with one attached hydrogen (secondary N) is 1. The summed E-state index contributed by atoms with van der Waals surface area (Å²) < 4.78 is 22.7. The topological polar surface area (TPSA) is 102 Å². The quantitative estimate of drug-likeness (QED) is 0.832. The van der Waals surface area contributed by atoms with Crippen LogP contribution in [0.4, 0.5) is 0 Å². The molecule has 1 aromatic heterocycles. The number of hydrogen-bond acceptors (Lipinski definition) is 6. The molecule has 0 unspecified atom stereocenters. The lowest BCUT2D eigenvalue weighted by Crippen LogP contribution is -2.36. The predicted molar refractivity (Wildman–Crippen MR) is 71.9 cm³/mol. The Balaban J connectivity index is 1.79. The molecule has 1 aliphatic rings. The first kappa shape index (κ1) is 12.9. The highest BCUT2D eigenvalue weighted by Gasteiger charge is 2.29. The van der Waals surface area contributed by atoms with Crippen LogP contribution >= 0.6 is 0 Å². The number of carbonyl (C=O) groups is 1. The fourth-order valence-electron chi connectivity index (χ4n) is 2.14. The van der Waals surface area contributed by atoms with E-state index in [4.69, 9.17) is 0 Å². The lowest BCUT2D eigenvalue weighted by molar-refractivity contribution is 0.0930. The van der Waals surface area contributed by atoms with Crippen molar-refractivity contribution in [3.8, 4) is 0 Å². The number of hydrogen-bond donors (Lipinski definition) is 1. The third kappa shape index (κ3) is 2.60. The molecule has 0 saturated carbocycles. The van der Waals surface area contributed by atoms with Gasteiger partial charge < -0.3 is 5.32 Å². The minimum atomic E-state index is -3.03. The average Bonchev–Trinajstić information content (AvgIpc) is 2.77. The van der Waals surface area contributed by atoms with Gasteiger partial charge >= 0.3 is 0 Å². The number of para-hydroxylation sites is 1. The van der Waals surface area contributed by atoms with Gasteiger partial charge in [-0.1, -0.05) is 12.1 Å². The van der Waals surface area contributed by atoms with Crippen molar-refractivity contribution < 1.29 is 13.2 Å². The highest BCUT2D eigenvalue weighted by molar-refractivity contribution is 7.91. The molecule has 1 N–H and O–H groups in total. The largest absolute Gasteiger partial charge is 0.345 e. The molecular formula is C12H12N4O3S. The molecule has 2 heterocycles. The molecule has 1 fully saturated rings. The number of nitrogens with zero attached hydrogens (tertiary/aromatic N) is 3. The molecule has 1 amide bonds. The van der Waals surface area contributed by atoms with E-state index in [-0.39, 0.29) is 23.4 Å². The lowest BCUT2D eigenvalue weighted by atomic mass is 10.2. The third-order valence-electron chi connectivity index (χ3n) is 3.13. The summed E-state index contributed by atoms with van der Waals surface area (Å²) in [5, 5.41) is 10.3. The maximum absolute atomic E-state index is 12.0. The SMILES string of the molecule is O=C(N[C@@H]1CCS(=O)(=O)C1)c1nnc2ccccc2n1. The summed E-state index contributed by atoms with van der Waals surface area (Å²) in [6, 6.07) is 6.72. The van der Waals surface area contributed by atoms with Gasteiger partial charge in [-0.05, 0) is 18.6 Å². The molecule has 2 aromatic rings. The molecule has 3 rings (SSSR count). The van der Waals surface area contributed by atoms with E-state index in [2.05, 4.69) is 20.5 Å². The monoisotopic (exact) mass is 292 g/mol. The molecular weight excluding hydrogens is 280 g/mol. The highest BCUT2D eigenvalue weighted by Crippen LogP contribution is 2.12. The molecule has 0 spiro atoms. The van der Waals surface area contributed by atoms with E-state index < -0.39 is 15.7 Å². The molecule has 0 radical (unpaired) electrons. The van der Waals surface area contributed by atoms with Gasteiger partial charge in [0.1, 0.15) is 5.52 Å². The first-order chi connectivity index (χ1) is 9.53. The van der Waals surface area contributed by atoms with E-state index in [9.17, 15) is 13.2 Å². The summed E-state index contributed by atoms with van der Waals surface area (Å²) in [5.41, 5.74) is 1.18. The van der Waals surface area contributed by atoms with Crippen LogP contribution in [0.5, 0.6) is 0 Å². The fraction of sp³-hybridized carbons (Fsp3) is 0.333. The van der Waals surface area contributed by atoms with Crippen molar-refractivity contribution in [2.45, 2.75) is 12.5 Å². The van der Waals surface area contributed by atoms with Gasteiger partial charge in [0, 0.05) is 6.04 Å². The number of rotatable bonds is 2. The molecule has 0 bridgehead atoms. The van der Waals surface area contributed by atoms with Crippen molar-refractivity contribution in [2.75, 3.05) is 11.5 Å². The molecule has 104 valence electrons. The van der Waals surface area contributed by atoms with Crippen LogP contribution in [-0.2, 0) is 9.84 Å². The summed E-state index contributed by atoms with van der Waals surface area (Å²) in [6.07, 6.45) is 0.426. The number of aromatic nitrogens is 3. The summed E-state index contributed by atoms with van der Waals surface area (Å²) >= 11 is 0. The Morgan fingerprint density at radius 2 is 1.95 bits per heavy atom. The molecule has 0 aliphatic carbocycles. The molecule has 1 atom stereocenters. The van der Waals surface area contributed by atoms with Gasteiger partial charge in [0.2, 0.25) is 5.82 Å². The van der Waals surface area contributed by atoms with Crippen molar-refractivity contribution in [3.63, 3.8) is 0 Å². The van der Waals surface area contributed by atoms with Gasteiger partial charge in [-0.3, -0.25) is 4.79 Å². The zero-order valence-corrected chi connectivity index (χ0v) is 11.3. The number of fused-ring (bicyclic) bond motifs is 1. The smallest absolute Gasteiger partial charge is 0.291 e. The number of carbonyl (C=O) groups excluding carboxylic acids is 1. The van der Waals surface area contributed by atoms with E-state index >= 15 is 0 Å². The lowest BCUT2D eigenvalue weighted by Gasteiger charge is -2.09. The van der Waals surface area contributed by atoms with E-state index in [1.54, 1.807) is 18.2 Å². The minimum Gasteiger partial charge on any atom is -0.345 e. The fourth-order valence-corrected chi connectivity index (χ4v) is 3.81. The summed E-state index contributed by atoms with van der Waals surface area (Å²) in [7, 11) is -3.03. The summed E-state index contributed by atoms with van der Waals surface area (Å²) in [5.74, 6) is -0.465. The summed E-state index contributed by atoms with van der Waals surface area (Å²) in [4.78, 5) is 16.1. The molecule has 1 saturated heterocycles. The van der Waals surface area contributed by atoms with E-state index in [0.29, 0.717) is 17.5 Å². The maximum Gasteiger partial charge on any atom is 0.291 e. The first-order valence-corrected chi connectivity index (χ1v) is 7.96. The Kier molecular flexibility index (Phi) is 3.09. The highest BCUT2D eigenvalue weighted by atomic mass is 32.2. The third-order valence-corrected chi connectivity index (χ3v) is 4.90. The first-order valence-electron chi connectivity index (χ1n) is 6.14. The van der Waals surface area contributed by atoms with Gasteiger partial charge in [0.05, 0.1) is 17.0 Å². The van der Waals surface area contributed by atoms with Crippen molar-refractivity contribution in [3.05, 3.63) is 30.1 Å². The Hall–Kier alpha value is -2.09. The van der Waals surface area contributed by atoms with Gasteiger partial charge in [-0.15, -0.1) is 10.2 Å². The Morgan fingerprint density at radius 3 is 2.65 bits per heavy atom. The van der Waals surface area contributed by atoms with E-state index in [0.717, 1.165) is 0 Å². The van der Waals surface area contributed by atoms with Crippen molar-refractivity contribution in [1.82, 2.24) is 20.5 Å².